The number of phenolic OH excluding ortho intramolecular Hbond substituents is 2. The molecule has 24 heavy (non-hydrogen) atoms. The van der Waals surface area contributed by atoms with Gasteiger partial charge in [-0.25, -0.2) is 0 Å². The molecule has 0 atom stereocenters. The predicted octanol–water partition coefficient (Wildman–Crippen LogP) is 3.72. The van der Waals surface area contributed by atoms with E-state index in [4.69, 9.17) is 0 Å². The van der Waals surface area contributed by atoms with Crippen LogP contribution in [0.5, 0.6) is 11.5 Å². The molecule has 1 aliphatic rings. The van der Waals surface area contributed by atoms with Gasteiger partial charge in [-0.2, -0.15) is 0 Å². The van der Waals surface area contributed by atoms with E-state index in [0.29, 0.717) is 22.3 Å². The van der Waals surface area contributed by atoms with Crippen molar-refractivity contribution in [1.82, 2.24) is 0 Å². The Kier molecular flexibility index (Phi) is 3.34. The van der Waals surface area contributed by atoms with Crippen molar-refractivity contribution in [2.24, 2.45) is 0 Å². The Labute approximate surface area is 140 Å². The minimum atomic E-state index is -0.404. The summed E-state index contributed by atoms with van der Waals surface area (Å²) in [5.74, 6) is -1.25. The van der Waals surface area contributed by atoms with Crippen molar-refractivity contribution in [1.29, 1.82) is 0 Å². The van der Waals surface area contributed by atoms with Gasteiger partial charge in [-0.1, -0.05) is 0 Å². The molecule has 0 bridgehead atoms. The van der Waals surface area contributed by atoms with E-state index < -0.39 is 11.6 Å². The highest BCUT2D eigenvalue weighted by molar-refractivity contribution is 6.31. The Bertz CT molecular complexity index is 812. The summed E-state index contributed by atoms with van der Waals surface area (Å²) in [5.41, 5.74) is 4.74. The maximum Gasteiger partial charge on any atom is 0.198 e. The van der Waals surface area contributed by atoms with Crippen molar-refractivity contribution in [3.8, 4) is 11.5 Å². The summed E-state index contributed by atoms with van der Waals surface area (Å²) in [6.45, 7) is 10.7. The van der Waals surface area contributed by atoms with Crippen LogP contribution in [0.25, 0.3) is 0 Å². The van der Waals surface area contributed by atoms with E-state index >= 15 is 0 Å². The molecule has 0 aliphatic heterocycles. The van der Waals surface area contributed by atoms with Crippen LogP contribution in [0.15, 0.2) is 0 Å². The zero-order valence-electron chi connectivity index (χ0n) is 14.7. The SMILES string of the molecule is Cc1c(C)c(C)c2c(c1C)C(=O)c1c(O)c(C)c(C)c(O)c1C2=O. The number of phenols is 2. The van der Waals surface area contributed by atoms with Crippen LogP contribution in [-0.2, 0) is 0 Å². The van der Waals surface area contributed by atoms with Crippen LogP contribution in [0.3, 0.4) is 0 Å². The fourth-order valence-corrected chi connectivity index (χ4v) is 3.54. The minimum Gasteiger partial charge on any atom is -0.507 e. The molecule has 4 heteroatoms. The number of benzene rings is 2. The molecule has 0 saturated heterocycles. The molecule has 0 amide bonds. The van der Waals surface area contributed by atoms with Gasteiger partial charge in [0, 0.05) is 11.1 Å². The van der Waals surface area contributed by atoms with Crippen LogP contribution in [0.1, 0.15) is 65.2 Å². The largest absolute Gasteiger partial charge is 0.507 e. The number of ketones is 2. The zero-order chi connectivity index (χ0) is 18.1. The number of aromatic hydroxyl groups is 2. The average molecular weight is 324 g/mol. The molecular weight excluding hydrogens is 304 g/mol. The monoisotopic (exact) mass is 324 g/mol. The van der Waals surface area contributed by atoms with E-state index in [1.54, 1.807) is 13.8 Å². The molecular formula is C20H20O4. The molecule has 2 aromatic carbocycles. The maximum absolute atomic E-state index is 13.1. The summed E-state index contributed by atoms with van der Waals surface area (Å²) in [6, 6.07) is 0. The lowest BCUT2D eigenvalue weighted by molar-refractivity contribution is 0.0972. The van der Waals surface area contributed by atoms with Gasteiger partial charge in [-0.15, -0.1) is 0 Å². The standard InChI is InChI=1S/C20H20O4/c1-7-8(2)10(4)14-13(9(7)3)19(23)15-16(20(14)24)18(22)12(6)11(5)17(15)21/h21-22H,1-6H3. The number of hydrogen-bond donors (Lipinski definition) is 2. The molecule has 0 aromatic heterocycles. The number of rotatable bonds is 0. The second kappa shape index (κ2) is 4.94. The van der Waals surface area contributed by atoms with Gasteiger partial charge in [0.25, 0.3) is 0 Å². The first kappa shape index (κ1) is 16.2. The molecule has 3 rings (SSSR count). The Morgan fingerprint density at radius 1 is 0.458 bits per heavy atom. The average Bonchev–Trinajstić information content (AvgIpc) is 2.55. The van der Waals surface area contributed by atoms with Crippen molar-refractivity contribution < 1.29 is 19.8 Å². The van der Waals surface area contributed by atoms with Gasteiger partial charge in [0.1, 0.15) is 11.5 Å². The highest BCUT2D eigenvalue weighted by Crippen LogP contribution is 2.44. The van der Waals surface area contributed by atoms with Gasteiger partial charge in [0.05, 0.1) is 11.1 Å². The van der Waals surface area contributed by atoms with E-state index in [1.165, 1.54) is 0 Å². The number of fused-ring (bicyclic) bond motifs is 2. The second-order valence-electron chi connectivity index (χ2n) is 6.61. The Morgan fingerprint density at radius 3 is 1.04 bits per heavy atom. The summed E-state index contributed by atoms with van der Waals surface area (Å²) in [6.07, 6.45) is 0. The van der Waals surface area contributed by atoms with Crippen LogP contribution in [0, 0.1) is 41.5 Å². The first-order chi connectivity index (χ1) is 11.1. The molecule has 0 radical (unpaired) electrons. The lowest BCUT2D eigenvalue weighted by Gasteiger charge is -2.26. The van der Waals surface area contributed by atoms with Gasteiger partial charge in [-0.05, 0) is 74.9 Å². The Hall–Kier alpha value is -2.62. The van der Waals surface area contributed by atoms with Crippen LogP contribution in [-0.4, -0.2) is 21.8 Å². The summed E-state index contributed by atoms with van der Waals surface area (Å²) in [5, 5.41) is 20.9. The first-order valence-electron chi connectivity index (χ1n) is 7.86. The van der Waals surface area contributed by atoms with Gasteiger partial charge in [0.2, 0.25) is 0 Å². The van der Waals surface area contributed by atoms with Crippen molar-refractivity contribution in [3.05, 3.63) is 55.6 Å². The molecule has 0 fully saturated rings. The first-order valence-corrected chi connectivity index (χ1v) is 7.86. The third-order valence-corrected chi connectivity index (χ3v) is 5.59. The number of hydrogen-bond acceptors (Lipinski definition) is 4. The van der Waals surface area contributed by atoms with E-state index in [-0.39, 0.29) is 22.6 Å². The highest BCUT2D eigenvalue weighted by atomic mass is 16.3. The molecule has 0 heterocycles. The lowest BCUT2D eigenvalue weighted by atomic mass is 9.75. The zero-order valence-corrected chi connectivity index (χ0v) is 14.7. The molecule has 124 valence electrons. The summed E-state index contributed by atoms with van der Waals surface area (Å²) in [7, 11) is 0. The summed E-state index contributed by atoms with van der Waals surface area (Å²) in [4.78, 5) is 26.2. The van der Waals surface area contributed by atoms with Crippen molar-refractivity contribution >= 4 is 11.6 Å². The van der Waals surface area contributed by atoms with Crippen LogP contribution < -0.4 is 0 Å². The van der Waals surface area contributed by atoms with Crippen LogP contribution in [0.2, 0.25) is 0 Å². The number of carbonyl (C=O) groups excluding carboxylic acids is 2. The van der Waals surface area contributed by atoms with E-state index in [0.717, 1.165) is 22.3 Å². The lowest BCUT2D eigenvalue weighted by Crippen LogP contribution is -2.25. The fraction of sp³-hybridized carbons (Fsp3) is 0.300. The van der Waals surface area contributed by atoms with Crippen LogP contribution in [0.4, 0.5) is 0 Å². The van der Waals surface area contributed by atoms with Gasteiger partial charge < -0.3 is 10.2 Å². The third-order valence-electron chi connectivity index (χ3n) is 5.59. The molecule has 1 aliphatic carbocycles. The highest BCUT2D eigenvalue weighted by Gasteiger charge is 2.39. The second-order valence-corrected chi connectivity index (χ2v) is 6.61. The summed E-state index contributed by atoms with van der Waals surface area (Å²) < 4.78 is 0. The molecule has 0 saturated carbocycles. The van der Waals surface area contributed by atoms with Gasteiger partial charge in [0.15, 0.2) is 11.6 Å². The fourth-order valence-electron chi connectivity index (χ4n) is 3.54. The van der Waals surface area contributed by atoms with E-state index in [2.05, 4.69) is 0 Å². The van der Waals surface area contributed by atoms with Gasteiger partial charge in [-0.3, -0.25) is 9.59 Å². The molecule has 0 unspecified atom stereocenters. The normalized spacial score (nSPS) is 13.1. The third kappa shape index (κ3) is 1.74. The van der Waals surface area contributed by atoms with Crippen molar-refractivity contribution in [2.45, 2.75) is 41.5 Å². The smallest absolute Gasteiger partial charge is 0.198 e. The van der Waals surface area contributed by atoms with Gasteiger partial charge >= 0.3 is 0 Å². The maximum atomic E-state index is 13.1. The Morgan fingerprint density at radius 2 is 0.750 bits per heavy atom. The number of carbonyl (C=O) groups is 2. The Balaban J connectivity index is 2.53. The quantitative estimate of drug-likeness (QED) is 0.618. The summed E-state index contributed by atoms with van der Waals surface area (Å²) >= 11 is 0. The molecule has 4 nitrogen and oxygen atoms in total. The minimum absolute atomic E-state index is 0.0844. The molecule has 2 aromatic rings. The van der Waals surface area contributed by atoms with E-state index in [1.807, 2.05) is 27.7 Å². The van der Waals surface area contributed by atoms with E-state index in [9.17, 15) is 19.8 Å². The van der Waals surface area contributed by atoms with Crippen LogP contribution >= 0.6 is 0 Å². The predicted molar refractivity (Wildman–Crippen MR) is 91.5 cm³/mol. The molecule has 2 N–H and O–H groups in total. The molecule has 0 spiro atoms. The topological polar surface area (TPSA) is 74.6 Å². The van der Waals surface area contributed by atoms with Crippen molar-refractivity contribution in [3.63, 3.8) is 0 Å². The van der Waals surface area contributed by atoms with Crippen molar-refractivity contribution in [2.75, 3.05) is 0 Å².